The quantitative estimate of drug-likeness (QED) is 0.781. The van der Waals surface area contributed by atoms with Crippen molar-refractivity contribution in [3.05, 3.63) is 0 Å². The Morgan fingerprint density at radius 2 is 1.95 bits per heavy atom. The number of carbonyl (C=O) groups is 2. The van der Waals surface area contributed by atoms with Crippen molar-refractivity contribution < 1.29 is 9.59 Å². The molecule has 2 saturated heterocycles. The maximum Gasteiger partial charge on any atom is 0.246 e. The van der Waals surface area contributed by atoms with E-state index in [9.17, 15) is 9.59 Å². The fraction of sp³-hybridized carbons (Fsp3) is 0.867. The van der Waals surface area contributed by atoms with Crippen LogP contribution in [0.25, 0.3) is 0 Å². The summed E-state index contributed by atoms with van der Waals surface area (Å²) in [5.74, 6) is 0.894. The van der Waals surface area contributed by atoms with Gasteiger partial charge in [-0.3, -0.25) is 9.59 Å². The minimum atomic E-state index is -0.291. The number of piperazine rings is 1. The average molecular weight is 266 g/mol. The highest BCUT2D eigenvalue weighted by Crippen LogP contribution is 2.29. The van der Waals surface area contributed by atoms with E-state index in [1.807, 2.05) is 11.8 Å². The molecule has 4 heteroatoms. The molecule has 2 aliphatic rings. The molecule has 108 valence electrons. The van der Waals surface area contributed by atoms with Crippen molar-refractivity contribution in [3.8, 4) is 0 Å². The van der Waals surface area contributed by atoms with Crippen molar-refractivity contribution in [2.45, 2.75) is 71.5 Å². The van der Waals surface area contributed by atoms with Crippen molar-refractivity contribution in [2.24, 2.45) is 5.92 Å². The van der Waals surface area contributed by atoms with Gasteiger partial charge in [0, 0.05) is 12.6 Å². The lowest BCUT2D eigenvalue weighted by molar-refractivity contribution is -0.161. The van der Waals surface area contributed by atoms with E-state index in [2.05, 4.69) is 20.8 Å². The molecule has 0 aliphatic carbocycles. The second-order valence-electron chi connectivity index (χ2n) is 6.21. The van der Waals surface area contributed by atoms with Crippen molar-refractivity contribution in [3.63, 3.8) is 0 Å². The van der Waals surface area contributed by atoms with Gasteiger partial charge in [0.15, 0.2) is 0 Å². The van der Waals surface area contributed by atoms with Crippen molar-refractivity contribution in [1.82, 2.24) is 9.80 Å². The Hall–Kier alpha value is -1.06. The van der Waals surface area contributed by atoms with Gasteiger partial charge in [-0.05, 0) is 39.0 Å². The zero-order valence-corrected chi connectivity index (χ0v) is 12.6. The number of hydrogen-bond acceptors (Lipinski definition) is 2. The van der Waals surface area contributed by atoms with Gasteiger partial charge in [0.1, 0.15) is 12.1 Å². The second kappa shape index (κ2) is 5.51. The topological polar surface area (TPSA) is 40.6 Å². The highest BCUT2D eigenvalue weighted by Gasteiger charge is 2.47. The first kappa shape index (κ1) is 14.4. The van der Waals surface area contributed by atoms with Crippen LogP contribution in [0.4, 0.5) is 0 Å². The summed E-state index contributed by atoms with van der Waals surface area (Å²) in [6.07, 6.45) is 3.89. The summed E-state index contributed by atoms with van der Waals surface area (Å²) in [7, 11) is 0. The predicted molar refractivity (Wildman–Crippen MR) is 74.6 cm³/mol. The first-order valence-electron chi connectivity index (χ1n) is 7.60. The van der Waals surface area contributed by atoms with E-state index in [-0.39, 0.29) is 29.9 Å². The van der Waals surface area contributed by atoms with Crippen LogP contribution in [0.5, 0.6) is 0 Å². The van der Waals surface area contributed by atoms with Crippen molar-refractivity contribution in [1.29, 1.82) is 0 Å². The Morgan fingerprint density at radius 3 is 2.58 bits per heavy atom. The van der Waals surface area contributed by atoms with Gasteiger partial charge in [0.2, 0.25) is 11.8 Å². The second-order valence-corrected chi connectivity index (χ2v) is 6.21. The Morgan fingerprint density at radius 1 is 1.26 bits per heavy atom. The number of nitrogens with zero attached hydrogens (tertiary/aromatic N) is 2. The lowest BCUT2D eigenvalue weighted by Gasteiger charge is -2.44. The monoisotopic (exact) mass is 266 g/mol. The van der Waals surface area contributed by atoms with Crippen molar-refractivity contribution >= 4 is 11.8 Å². The van der Waals surface area contributed by atoms with Crippen LogP contribution >= 0.6 is 0 Å². The summed E-state index contributed by atoms with van der Waals surface area (Å²) in [5, 5.41) is 0. The molecule has 2 heterocycles. The molecule has 0 bridgehead atoms. The zero-order chi connectivity index (χ0) is 14.2. The molecule has 0 saturated carbocycles. The molecule has 2 rings (SSSR count). The van der Waals surface area contributed by atoms with Crippen LogP contribution in [0.3, 0.4) is 0 Å². The Bertz CT molecular complexity index is 369. The van der Waals surface area contributed by atoms with Gasteiger partial charge in [-0.15, -0.1) is 0 Å². The maximum absolute atomic E-state index is 12.6. The van der Waals surface area contributed by atoms with E-state index in [1.165, 1.54) is 0 Å². The van der Waals surface area contributed by atoms with Gasteiger partial charge in [-0.1, -0.05) is 20.3 Å². The number of amides is 2. The lowest BCUT2D eigenvalue weighted by atomic mass is 9.96. The first-order valence-corrected chi connectivity index (χ1v) is 7.60. The van der Waals surface area contributed by atoms with Crippen molar-refractivity contribution in [2.75, 3.05) is 6.54 Å². The van der Waals surface area contributed by atoms with Crippen LogP contribution < -0.4 is 0 Å². The summed E-state index contributed by atoms with van der Waals surface area (Å²) in [4.78, 5) is 28.6. The van der Waals surface area contributed by atoms with Gasteiger partial charge in [-0.25, -0.2) is 0 Å². The largest absolute Gasteiger partial charge is 0.329 e. The fourth-order valence-electron chi connectivity index (χ4n) is 3.47. The Labute approximate surface area is 116 Å². The summed E-state index contributed by atoms with van der Waals surface area (Å²) >= 11 is 0. The third-order valence-electron chi connectivity index (χ3n) is 4.77. The third kappa shape index (κ3) is 2.49. The smallest absolute Gasteiger partial charge is 0.246 e. The van der Waals surface area contributed by atoms with E-state index < -0.39 is 0 Å². The van der Waals surface area contributed by atoms with Crippen LogP contribution in [-0.2, 0) is 9.59 Å². The van der Waals surface area contributed by atoms with Crippen LogP contribution in [0.15, 0.2) is 0 Å². The Balaban J connectivity index is 2.14. The summed E-state index contributed by atoms with van der Waals surface area (Å²) in [6, 6.07) is -0.312. The third-order valence-corrected chi connectivity index (χ3v) is 4.77. The highest BCUT2D eigenvalue weighted by atomic mass is 16.2. The van der Waals surface area contributed by atoms with Crippen LogP contribution in [0, 0.1) is 5.92 Å². The van der Waals surface area contributed by atoms with E-state index in [0.29, 0.717) is 5.92 Å². The van der Waals surface area contributed by atoms with Crippen LogP contribution in [0.2, 0.25) is 0 Å². The van der Waals surface area contributed by atoms with Crippen LogP contribution in [0.1, 0.15) is 53.4 Å². The molecule has 0 N–H and O–H groups in total. The van der Waals surface area contributed by atoms with E-state index in [0.717, 1.165) is 32.2 Å². The predicted octanol–water partition coefficient (Wildman–Crippen LogP) is 2.03. The minimum Gasteiger partial charge on any atom is -0.329 e. The minimum absolute atomic E-state index is 0.137. The molecule has 2 aliphatic heterocycles. The normalized spacial score (nSPS) is 30.5. The maximum atomic E-state index is 12.6. The molecule has 2 fully saturated rings. The summed E-state index contributed by atoms with van der Waals surface area (Å²) in [6.45, 7) is 9.09. The molecule has 0 aromatic carbocycles. The van der Waals surface area contributed by atoms with Gasteiger partial charge in [-0.2, -0.15) is 0 Å². The summed E-state index contributed by atoms with van der Waals surface area (Å²) < 4.78 is 0. The number of rotatable bonds is 4. The molecule has 4 atom stereocenters. The van der Waals surface area contributed by atoms with E-state index >= 15 is 0 Å². The molecular formula is C15H26N2O2. The standard InChI is InChI=1S/C15H26N2O2/c1-5-10(2)9-11(3)17-12(4)14(18)16-8-6-7-13(16)15(17)19/h10-13H,5-9H2,1-4H3. The molecule has 0 aromatic rings. The van der Waals surface area contributed by atoms with Gasteiger partial charge in [0.25, 0.3) is 0 Å². The van der Waals surface area contributed by atoms with E-state index in [4.69, 9.17) is 0 Å². The van der Waals surface area contributed by atoms with Crippen LogP contribution in [-0.4, -0.2) is 46.3 Å². The highest BCUT2D eigenvalue weighted by molar-refractivity contribution is 5.97. The lowest BCUT2D eigenvalue weighted by Crippen LogP contribution is -2.64. The molecule has 0 aromatic heterocycles. The van der Waals surface area contributed by atoms with Gasteiger partial charge in [0.05, 0.1) is 0 Å². The fourth-order valence-corrected chi connectivity index (χ4v) is 3.47. The number of hydrogen-bond donors (Lipinski definition) is 0. The molecule has 0 spiro atoms. The number of carbonyl (C=O) groups excluding carboxylic acids is 2. The Kier molecular flexibility index (Phi) is 4.16. The average Bonchev–Trinajstić information content (AvgIpc) is 2.85. The molecule has 2 amide bonds. The molecule has 0 radical (unpaired) electrons. The van der Waals surface area contributed by atoms with Gasteiger partial charge >= 0.3 is 0 Å². The first-order chi connectivity index (χ1) is 8.97. The SMILES string of the molecule is CCC(C)CC(C)N1C(=O)C2CCCN2C(=O)C1C. The molecule has 4 nitrogen and oxygen atoms in total. The zero-order valence-electron chi connectivity index (χ0n) is 12.6. The molecular weight excluding hydrogens is 240 g/mol. The summed E-state index contributed by atoms with van der Waals surface area (Å²) in [5.41, 5.74) is 0. The number of fused-ring (bicyclic) bond motifs is 1. The van der Waals surface area contributed by atoms with E-state index in [1.54, 1.807) is 4.90 Å². The van der Waals surface area contributed by atoms with Gasteiger partial charge < -0.3 is 9.80 Å². The molecule has 4 unspecified atom stereocenters. The molecule has 19 heavy (non-hydrogen) atoms.